The van der Waals surface area contributed by atoms with Gasteiger partial charge in [0.15, 0.2) is 0 Å². The quantitative estimate of drug-likeness (QED) is 0.555. The number of nitrogens with two attached hydrogens (primary N) is 2. The van der Waals surface area contributed by atoms with Gasteiger partial charge in [-0.25, -0.2) is 0 Å². The van der Waals surface area contributed by atoms with Crippen LogP contribution in [0.5, 0.6) is 0 Å². The van der Waals surface area contributed by atoms with Crippen LogP contribution < -0.4 is 11.5 Å². The number of hydrogen-bond donors (Lipinski definition) is 2. The molecule has 0 spiro atoms. The van der Waals surface area contributed by atoms with Gasteiger partial charge >= 0.3 is 0 Å². The SMILES string of the molecule is CC=C(N)N.I. The van der Waals surface area contributed by atoms with E-state index in [4.69, 9.17) is 11.5 Å². The molecule has 3 heteroatoms. The van der Waals surface area contributed by atoms with Crippen molar-refractivity contribution in [2.24, 2.45) is 11.5 Å². The van der Waals surface area contributed by atoms with Crippen LogP contribution >= 0.6 is 24.0 Å². The van der Waals surface area contributed by atoms with Crippen LogP contribution in [-0.2, 0) is 0 Å². The summed E-state index contributed by atoms with van der Waals surface area (Å²) in [6.07, 6.45) is 1.64. The van der Waals surface area contributed by atoms with Gasteiger partial charge in [0.1, 0.15) is 0 Å². The van der Waals surface area contributed by atoms with E-state index in [0.29, 0.717) is 5.82 Å². The van der Waals surface area contributed by atoms with Gasteiger partial charge in [0.25, 0.3) is 0 Å². The van der Waals surface area contributed by atoms with Crippen LogP contribution in [0.3, 0.4) is 0 Å². The normalized spacial score (nSPS) is 5.50. The standard InChI is InChI=1S/C3H8N2.HI/c1-2-3(4)5;/h2H,4-5H2,1H3;1H. The molecule has 0 aromatic heterocycles. The highest BCUT2D eigenvalue weighted by Crippen LogP contribution is 1.59. The summed E-state index contributed by atoms with van der Waals surface area (Å²) in [7, 11) is 0. The van der Waals surface area contributed by atoms with Gasteiger partial charge < -0.3 is 11.5 Å². The lowest BCUT2D eigenvalue weighted by molar-refractivity contribution is 1.23. The Labute approximate surface area is 54.6 Å². The molecule has 0 aliphatic rings. The van der Waals surface area contributed by atoms with E-state index in [2.05, 4.69) is 0 Å². The molecular weight excluding hydrogens is 191 g/mol. The highest BCUT2D eigenvalue weighted by molar-refractivity contribution is 14.0. The molecule has 0 radical (unpaired) electrons. The fourth-order valence-corrected chi connectivity index (χ4v) is 0. The molecule has 0 aromatic rings. The number of halogens is 1. The van der Waals surface area contributed by atoms with Crippen LogP contribution in [0.15, 0.2) is 11.9 Å². The minimum atomic E-state index is 0. The molecule has 0 bridgehead atoms. The lowest BCUT2D eigenvalue weighted by atomic mass is 10.6. The van der Waals surface area contributed by atoms with Crippen molar-refractivity contribution in [3.63, 3.8) is 0 Å². The zero-order valence-electron chi connectivity index (χ0n) is 3.64. The Morgan fingerprint density at radius 1 is 1.50 bits per heavy atom. The van der Waals surface area contributed by atoms with Crippen molar-refractivity contribution >= 4 is 24.0 Å². The van der Waals surface area contributed by atoms with E-state index >= 15 is 0 Å². The third-order valence-electron chi connectivity index (χ3n) is 0.333. The van der Waals surface area contributed by atoms with E-state index < -0.39 is 0 Å². The molecule has 0 atom stereocenters. The van der Waals surface area contributed by atoms with E-state index in [-0.39, 0.29) is 24.0 Å². The van der Waals surface area contributed by atoms with Crippen LogP contribution in [0, 0.1) is 0 Å². The minimum Gasteiger partial charge on any atom is -0.386 e. The summed E-state index contributed by atoms with van der Waals surface area (Å²) in [5.74, 6) is 0.380. The Hall–Kier alpha value is 0.0700. The predicted octanol–water partition coefficient (Wildman–Crippen LogP) is 0.383. The van der Waals surface area contributed by atoms with Gasteiger partial charge in [-0.15, -0.1) is 24.0 Å². The summed E-state index contributed by atoms with van der Waals surface area (Å²) in [5.41, 5.74) is 9.86. The first-order chi connectivity index (χ1) is 2.27. The summed E-state index contributed by atoms with van der Waals surface area (Å²) >= 11 is 0. The Balaban J connectivity index is 0. The Kier molecular flexibility index (Phi) is 7.96. The van der Waals surface area contributed by atoms with Gasteiger partial charge in [0, 0.05) is 0 Å². The average Bonchev–Trinajstić information content (AvgIpc) is 1.38. The lowest BCUT2D eigenvalue weighted by Crippen LogP contribution is -2.06. The highest BCUT2D eigenvalue weighted by atomic mass is 127. The lowest BCUT2D eigenvalue weighted by Gasteiger charge is -1.78. The monoisotopic (exact) mass is 200 g/mol. The first-order valence-electron chi connectivity index (χ1n) is 1.44. The molecule has 0 fully saturated rings. The van der Waals surface area contributed by atoms with Crippen LogP contribution in [0.1, 0.15) is 6.92 Å². The third-order valence-corrected chi connectivity index (χ3v) is 0.333. The molecule has 0 unspecified atom stereocenters. The van der Waals surface area contributed by atoms with Crippen molar-refractivity contribution in [1.82, 2.24) is 0 Å². The van der Waals surface area contributed by atoms with E-state index in [9.17, 15) is 0 Å². The molecule has 0 aromatic carbocycles. The van der Waals surface area contributed by atoms with Gasteiger partial charge in [-0.3, -0.25) is 0 Å². The maximum absolute atomic E-state index is 4.93. The Morgan fingerprint density at radius 3 is 1.67 bits per heavy atom. The Bertz CT molecular complexity index is 46.8. The fraction of sp³-hybridized carbons (Fsp3) is 0.333. The third kappa shape index (κ3) is 8.95. The second kappa shape index (κ2) is 5.07. The van der Waals surface area contributed by atoms with E-state index in [1.54, 1.807) is 13.0 Å². The first-order valence-corrected chi connectivity index (χ1v) is 1.44. The molecule has 38 valence electrons. The van der Waals surface area contributed by atoms with Gasteiger partial charge in [-0.05, 0) is 13.0 Å². The van der Waals surface area contributed by atoms with Crippen molar-refractivity contribution < 1.29 is 0 Å². The van der Waals surface area contributed by atoms with E-state index in [1.165, 1.54) is 0 Å². The van der Waals surface area contributed by atoms with E-state index in [1.807, 2.05) is 0 Å². The molecule has 0 heterocycles. The summed E-state index contributed by atoms with van der Waals surface area (Å²) in [5, 5.41) is 0. The molecular formula is C3H9IN2. The molecule has 2 nitrogen and oxygen atoms in total. The maximum Gasteiger partial charge on any atom is 0.0889 e. The fourth-order valence-electron chi connectivity index (χ4n) is 0. The zero-order valence-corrected chi connectivity index (χ0v) is 5.97. The average molecular weight is 200 g/mol. The zero-order chi connectivity index (χ0) is 4.28. The molecule has 0 aliphatic heterocycles. The van der Waals surface area contributed by atoms with Gasteiger partial charge in [0.05, 0.1) is 5.82 Å². The maximum atomic E-state index is 4.93. The summed E-state index contributed by atoms with van der Waals surface area (Å²) in [4.78, 5) is 0. The van der Waals surface area contributed by atoms with Crippen molar-refractivity contribution in [2.75, 3.05) is 0 Å². The molecule has 4 N–H and O–H groups in total. The number of hydrogen-bond acceptors (Lipinski definition) is 2. The highest BCUT2D eigenvalue weighted by Gasteiger charge is 1.59. The second-order valence-corrected chi connectivity index (χ2v) is 0.789. The molecule has 6 heavy (non-hydrogen) atoms. The van der Waals surface area contributed by atoms with Crippen LogP contribution in [-0.4, -0.2) is 0 Å². The first kappa shape index (κ1) is 9.42. The summed E-state index contributed by atoms with van der Waals surface area (Å²) < 4.78 is 0. The van der Waals surface area contributed by atoms with Crippen LogP contribution in [0.4, 0.5) is 0 Å². The van der Waals surface area contributed by atoms with Crippen LogP contribution in [0.2, 0.25) is 0 Å². The number of allylic oxidation sites excluding steroid dienone is 1. The van der Waals surface area contributed by atoms with Gasteiger partial charge in [-0.2, -0.15) is 0 Å². The van der Waals surface area contributed by atoms with Crippen molar-refractivity contribution in [1.29, 1.82) is 0 Å². The van der Waals surface area contributed by atoms with Crippen molar-refractivity contribution in [3.8, 4) is 0 Å². The molecule has 0 aliphatic carbocycles. The van der Waals surface area contributed by atoms with Gasteiger partial charge in [-0.1, -0.05) is 0 Å². The van der Waals surface area contributed by atoms with Crippen molar-refractivity contribution in [2.45, 2.75) is 6.92 Å². The predicted molar refractivity (Wildman–Crippen MR) is 37.5 cm³/mol. The van der Waals surface area contributed by atoms with Crippen LogP contribution in [0.25, 0.3) is 0 Å². The van der Waals surface area contributed by atoms with Gasteiger partial charge in [0.2, 0.25) is 0 Å². The van der Waals surface area contributed by atoms with Crippen molar-refractivity contribution in [3.05, 3.63) is 11.9 Å². The second-order valence-electron chi connectivity index (χ2n) is 0.789. The molecule has 0 saturated heterocycles. The van der Waals surface area contributed by atoms with E-state index in [0.717, 1.165) is 0 Å². The molecule has 0 rings (SSSR count). The Morgan fingerprint density at radius 2 is 1.67 bits per heavy atom. The molecule has 0 amide bonds. The molecule has 0 saturated carbocycles. The minimum absolute atomic E-state index is 0. The largest absolute Gasteiger partial charge is 0.386 e. The smallest absolute Gasteiger partial charge is 0.0889 e. The topological polar surface area (TPSA) is 52.0 Å². The number of rotatable bonds is 0. The summed E-state index contributed by atoms with van der Waals surface area (Å²) in [6, 6.07) is 0. The summed E-state index contributed by atoms with van der Waals surface area (Å²) in [6.45, 7) is 1.79.